The van der Waals surface area contributed by atoms with Crippen molar-refractivity contribution in [3.8, 4) is 0 Å². The zero-order valence-corrected chi connectivity index (χ0v) is 12.6. The zero-order chi connectivity index (χ0) is 14.1. The minimum Gasteiger partial charge on any atom is -0.391 e. The van der Waals surface area contributed by atoms with Crippen molar-refractivity contribution in [3.63, 3.8) is 0 Å². The summed E-state index contributed by atoms with van der Waals surface area (Å²) < 4.78 is 0. The van der Waals surface area contributed by atoms with Gasteiger partial charge in [0.1, 0.15) is 0 Å². The third-order valence-corrected chi connectivity index (χ3v) is 3.83. The van der Waals surface area contributed by atoms with E-state index in [-0.39, 0.29) is 5.91 Å². The quantitative estimate of drug-likeness (QED) is 0.776. The molecule has 0 radical (unpaired) electrons. The molecular weight excluding hydrogens is 282 g/mol. The van der Waals surface area contributed by atoms with Crippen molar-refractivity contribution in [2.24, 2.45) is 0 Å². The number of thioether (sulfide) groups is 1. The lowest BCUT2D eigenvalue weighted by Crippen LogP contribution is -2.33. The van der Waals surface area contributed by atoms with Crippen LogP contribution in [0.1, 0.15) is 25.3 Å². The largest absolute Gasteiger partial charge is 0.391 e. The lowest BCUT2D eigenvalue weighted by molar-refractivity contribution is -0.119. The minimum atomic E-state index is -0.435. The molecule has 0 aliphatic heterocycles. The van der Waals surface area contributed by atoms with E-state index >= 15 is 0 Å². The van der Waals surface area contributed by atoms with E-state index in [1.54, 1.807) is 11.8 Å². The summed E-state index contributed by atoms with van der Waals surface area (Å²) in [6, 6.07) is 7.60. The highest BCUT2D eigenvalue weighted by atomic mass is 35.5. The molecule has 0 fully saturated rings. The number of benzene rings is 1. The fourth-order valence-corrected chi connectivity index (χ4v) is 2.50. The molecule has 19 heavy (non-hydrogen) atoms. The van der Waals surface area contributed by atoms with Gasteiger partial charge in [0.05, 0.1) is 11.9 Å². The zero-order valence-electron chi connectivity index (χ0n) is 11.1. The normalized spacial score (nSPS) is 12.2. The first-order chi connectivity index (χ1) is 9.11. The molecule has 0 heterocycles. The van der Waals surface area contributed by atoms with Crippen LogP contribution in [-0.2, 0) is 10.5 Å². The van der Waals surface area contributed by atoms with Gasteiger partial charge in [0.15, 0.2) is 0 Å². The Hall–Kier alpha value is -0.710. The number of nitrogens with one attached hydrogen (secondary N) is 1. The van der Waals surface area contributed by atoms with Gasteiger partial charge in [-0.2, -0.15) is 0 Å². The number of rotatable bonds is 8. The number of hydrogen-bond donors (Lipinski definition) is 2. The summed E-state index contributed by atoms with van der Waals surface area (Å²) >= 11 is 7.35. The summed E-state index contributed by atoms with van der Waals surface area (Å²) in [4.78, 5) is 11.5. The van der Waals surface area contributed by atoms with Gasteiger partial charge in [-0.15, -0.1) is 11.8 Å². The molecule has 1 amide bonds. The highest BCUT2D eigenvalue weighted by molar-refractivity contribution is 7.99. The van der Waals surface area contributed by atoms with Crippen LogP contribution in [0.2, 0.25) is 5.02 Å². The van der Waals surface area contributed by atoms with Gasteiger partial charge in [0.2, 0.25) is 5.91 Å². The SMILES string of the molecule is CCCC(O)CNC(=O)CSCc1ccc(Cl)cc1. The Morgan fingerprint density at radius 3 is 2.74 bits per heavy atom. The van der Waals surface area contributed by atoms with Crippen molar-refractivity contribution in [3.05, 3.63) is 34.9 Å². The van der Waals surface area contributed by atoms with E-state index in [1.165, 1.54) is 0 Å². The summed E-state index contributed by atoms with van der Waals surface area (Å²) in [7, 11) is 0. The van der Waals surface area contributed by atoms with Crippen molar-refractivity contribution in [2.75, 3.05) is 12.3 Å². The van der Waals surface area contributed by atoms with Crippen LogP contribution in [0.25, 0.3) is 0 Å². The monoisotopic (exact) mass is 301 g/mol. The Kier molecular flexibility index (Phi) is 7.94. The van der Waals surface area contributed by atoms with E-state index in [9.17, 15) is 9.90 Å². The molecule has 1 rings (SSSR count). The van der Waals surface area contributed by atoms with Crippen molar-refractivity contribution in [1.29, 1.82) is 0 Å². The van der Waals surface area contributed by atoms with Gasteiger partial charge in [0, 0.05) is 17.3 Å². The molecular formula is C14H20ClNO2S. The predicted octanol–water partition coefficient (Wildman–Crippen LogP) is 2.85. The molecule has 1 atom stereocenters. The number of carbonyl (C=O) groups excluding carboxylic acids is 1. The third-order valence-electron chi connectivity index (χ3n) is 2.57. The van der Waals surface area contributed by atoms with Gasteiger partial charge in [-0.25, -0.2) is 0 Å². The molecule has 1 unspecified atom stereocenters. The number of aliphatic hydroxyl groups is 1. The summed E-state index contributed by atoms with van der Waals surface area (Å²) in [5, 5.41) is 12.9. The van der Waals surface area contributed by atoms with E-state index in [0.29, 0.717) is 12.3 Å². The molecule has 106 valence electrons. The van der Waals surface area contributed by atoms with Crippen LogP contribution in [0.5, 0.6) is 0 Å². The Morgan fingerprint density at radius 2 is 2.11 bits per heavy atom. The highest BCUT2D eigenvalue weighted by Gasteiger charge is 2.06. The smallest absolute Gasteiger partial charge is 0.230 e. The van der Waals surface area contributed by atoms with Crippen molar-refractivity contribution < 1.29 is 9.90 Å². The lowest BCUT2D eigenvalue weighted by atomic mass is 10.2. The van der Waals surface area contributed by atoms with Crippen LogP contribution in [0.15, 0.2) is 24.3 Å². The predicted molar refractivity (Wildman–Crippen MR) is 81.5 cm³/mol. The van der Waals surface area contributed by atoms with E-state index in [0.717, 1.165) is 29.2 Å². The molecule has 1 aromatic carbocycles. The first kappa shape index (κ1) is 16.3. The average Bonchev–Trinajstić information content (AvgIpc) is 2.39. The minimum absolute atomic E-state index is 0.0332. The third kappa shape index (κ3) is 7.45. The van der Waals surface area contributed by atoms with Crippen LogP contribution in [-0.4, -0.2) is 29.4 Å². The second kappa shape index (κ2) is 9.23. The van der Waals surface area contributed by atoms with Crippen LogP contribution in [0.3, 0.4) is 0 Å². The van der Waals surface area contributed by atoms with Gasteiger partial charge in [-0.3, -0.25) is 4.79 Å². The van der Waals surface area contributed by atoms with Crippen LogP contribution in [0.4, 0.5) is 0 Å². The number of halogens is 1. The van der Waals surface area contributed by atoms with E-state index in [4.69, 9.17) is 11.6 Å². The molecule has 0 saturated heterocycles. The summed E-state index contributed by atoms with van der Waals surface area (Å²) in [6.45, 7) is 2.35. The maximum absolute atomic E-state index is 11.5. The second-order valence-electron chi connectivity index (χ2n) is 4.37. The molecule has 1 aromatic rings. The number of carbonyl (C=O) groups is 1. The number of aliphatic hydroxyl groups excluding tert-OH is 1. The van der Waals surface area contributed by atoms with Crippen LogP contribution in [0, 0.1) is 0 Å². The molecule has 5 heteroatoms. The maximum Gasteiger partial charge on any atom is 0.230 e. The molecule has 0 saturated carbocycles. The average molecular weight is 302 g/mol. The standard InChI is InChI=1S/C14H20ClNO2S/c1-2-3-13(17)8-16-14(18)10-19-9-11-4-6-12(15)7-5-11/h4-7,13,17H,2-3,8-10H2,1H3,(H,16,18). The fourth-order valence-electron chi connectivity index (χ4n) is 1.56. The molecule has 0 aliphatic carbocycles. The first-order valence-electron chi connectivity index (χ1n) is 6.38. The highest BCUT2D eigenvalue weighted by Crippen LogP contribution is 2.15. The fraction of sp³-hybridized carbons (Fsp3) is 0.500. The second-order valence-corrected chi connectivity index (χ2v) is 5.79. The molecule has 0 aliphatic rings. The Morgan fingerprint density at radius 1 is 1.42 bits per heavy atom. The number of amides is 1. The first-order valence-corrected chi connectivity index (χ1v) is 7.92. The van der Waals surface area contributed by atoms with Crippen LogP contribution >= 0.6 is 23.4 Å². The molecule has 2 N–H and O–H groups in total. The molecule has 3 nitrogen and oxygen atoms in total. The summed E-state index contributed by atoms with van der Waals surface area (Å²) in [6.07, 6.45) is 1.20. The topological polar surface area (TPSA) is 49.3 Å². The Balaban J connectivity index is 2.15. The molecule has 0 aromatic heterocycles. The van der Waals surface area contributed by atoms with Crippen LogP contribution < -0.4 is 5.32 Å². The van der Waals surface area contributed by atoms with Crippen molar-refractivity contribution in [1.82, 2.24) is 5.32 Å². The Bertz CT molecular complexity index is 384. The van der Waals surface area contributed by atoms with E-state index in [2.05, 4.69) is 5.32 Å². The van der Waals surface area contributed by atoms with Gasteiger partial charge >= 0.3 is 0 Å². The molecule has 0 spiro atoms. The van der Waals surface area contributed by atoms with Crippen molar-refractivity contribution in [2.45, 2.75) is 31.6 Å². The summed E-state index contributed by atoms with van der Waals surface area (Å²) in [5.74, 6) is 1.15. The van der Waals surface area contributed by atoms with Crippen molar-refractivity contribution >= 4 is 29.3 Å². The summed E-state index contributed by atoms with van der Waals surface area (Å²) in [5.41, 5.74) is 1.15. The lowest BCUT2D eigenvalue weighted by Gasteiger charge is -2.10. The molecule has 0 bridgehead atoms. The number of hydrogen-bond acceptors (Lipinski definition) is 3. The Labute approximate surface area is 123 Å². The van der Waals surface area contributed by atoms with Gasteiger partial charge in [0.25, 0.3) is 0 Å². The van der Waals surface area contributed by atoms with Gasteiger partial charge in [-0.1, -0.05) is 37.1 Å². The maximum atomic E-state index is 11.5. The van der Waals surface area contributed by atoms with E-state index in [1.807, 2.05) is 31.2 Å². The van der Waals surface area contributed by atoms with E-state index < -0.39 is 6.10 Å². The van der Waals surface area contributed by atoms with Gasteiger partial charge in [-0.05, 0) is 24.1 Å². The van der Waals surface area contributed by atoms with Gasteiger partial charge < -0.3 is 10.4 Å².